The quantitative estimate of drug-likeness (QED) is 0.801. The largest absolute Gasteiger partial charge is 0.369 e. The van der Waals surface area contributed by atoms with E-state index < -0.39 is 0 Å². The molecule has 1 aliphatic rings. The minimum absolute atomic E-state index is 0.217. The highest BCUT2D eigenvalue weighted by molar-refractivity contribution is 5.79. The second-order valence-corrected chi connectivity index (χ2v) is 4.51. The van der Waals surface area contributed by atoms with Crippen molar-refractivity contribution in [2.24, 2.45) is 0 Å². The summed E-state index contributed by atoms with van der Waals surface area (Å²) in [4.78, 5) is 4.22. The van der Waals surface area contributed by atoms with Crippen LogP contribution >= 0.6 is 0 Å². The second kappa shape index (κ2) is 3.20. The summed E-state index contributed by atoms with van der Waals surface area (Å²) in [6.07, 6.45) is 3.53. The average Bonchev–Trinajstić information content (AvgIpc) is 2.43. The number of nitrogen functional groups attached to an aromatic ring is 1. The van der Waals surface area contributed by atoms with Gasteiger partial charge in [0.25, 0.3) is 0 Å². The van der Waals surface area contributed by atoms with Crippen molar-refractivity contribution in [3.8, 4) is 0 Å². The zero-order chi connectivity index (χ0) is 11.3. The Labute approximate surface area is 93.1 Å². The first kappa shape index (κ1) is 9.63. The van der Waals surface area contributed by atoms with E-state index >= 15 is 0 Å². The van der Waals surface area contributed by atoms with Gasteiger partial charge in [-0.2, -0.15) is 0 Å². The van der Waals surface area contributed by atoms with Crippen molar-refractivity contribution in [1.29, 1.82) is 0 Å². The van der Waals surface area contributed by atoms with E-state index in [2.05, 4.69) is 4.98 Å². The molecule has 1 aromatic heterocycles. The third kappa shape index (κ3) is 1.22. The monoisotopic (exact) mass is 219 g/mol. The van der Waals surface area contributed by atoms with Crippen LogP contribution in [0.4, 0.5) is 10.3 Å². The number of rotatable bonds is 1. The van der Waals surface area contributed by atoms with Crippen molar-refractivity contribution < 1.29 is 4.39 Å². The third-order valence-electron chi connectivity index (χ3n) is 3.44. The molecule has 84 valence electrons. The van der Waals surface area contributed by atoms with Crippen molar-refractivity contribution in [3.63, 3.8) is 0 Å². The molecule has 1 saturated carbocycles. The van der Waals surface area contributed by atoms with Crippen LogP contribution in [0.5, 0.6) is 0 Å². The Kier molecular flexibility index (Phi) is 1.93. The van der Waals surface area contributed by atoms with Crippen LogP contribution in [0.3, 0.4) is 0 Å². The van der Waals surface area contributed by atoms with Gasteiger partial charge < -0.3 is 10.3 Å². The Morgan fingerprint density at radius 2 is 2.19 bits per heavy atom. The van der Waals surface area contributed by atoms with Crippen LogP contribution in [0.25, 0.3) is 11.0 Å². The van der Waals surface area contributed by atoms with Crippen molar-refractivity contribution >= 4 is 17.0 Å². The molecular weight excluding hydrogens is 205 g/mol. The van der Waals surface area contributed by atoms with Gasteiger partial charge in [-0.3, -0.25) is 0 Å². The van der Waals surface area contributed by atoms with Crippen molar-refractivity contribution in [3.05, 3.63) is 23.5 Å². The molecule has 16 heavy (non-hydrogen) atoms. The maximum atomic E-state index is 13.4. The molecular formula is C12H14FN3. The number of nitrogens with two attached hydrogens (primary N) is 1. The molecule has 1 heterocycles. The SMILES string of the molecule is Cc1cc2c(cc1F)nc(N)n2C1CCC1. The summed E-state index contributed by atoms with van der Waals surface area (Å²) in [7, 11) is 0. The van der Waals surface area contributed by atoms with Crippen molar-refractivity contribution in [2.45, 2.75) is 32.2 Å². The molecule has 1 aromatic carbocycles. The van der Waals surface area contributed by atoms with E-state index in [-0.39, 0.29) is 5.82 Å². The first-order valence-corrected chi connectivity index (χ1v) is 5.60. The summed E-state index contributed by atoms with van der Waals surface area (Å²) >= 11 is 0. The minimum Gasteiger partial charge on any atom is -0.369 e. The summed E-state index contributed by atoms with van der Waals surface area (Å²) in [5.41, 5.74) is 8.16. The van der Waals surface area contributed by atoms with Crippen LogP contribution in [0.1, 0.15) is 30.9 Å². The topological polar surface area (TPSA) is 43.8 Å². The fourth-order valence-corrected chi connectivity index (χ4v) is 2.27. The number of aryl methyl sites for hydroxylation is 1. The van der Waals surface area contributed by atoms with Crippen LogP contribution in [0.2, 0.25) is 0 Å². The summed E-state index contributed by atoms with van der Waals surface area (Å²) in [5.74, 6) is 0.287. The van der Waals surface area contributed by atoms with Gasteiger partial charge in [0.15, 0.2) is 0 Å². The zero-order valence-electron chi connectivity index (χ0n) is 9.20. The molecule has 3 rings (SSSR count). The molecule has 0 spiro atoms. The van der Waals surface area contributed by atoms with Crippen LogP contribution in [-0.4, -0.2) is 9.55 Å². The van der Waals surface area contributed by atoms with Gasteiger partial charge in [-0.05, 0) is 37.8 Å². The Balaban J connectivity index is 2.26. The lowest BCUT2D eigenvalue weighted by Gasteiger charge is -2.28. The average molecular weight is 219 g/mol. The van der Waals surface area contributed by atoms with E-state index in [1.807, 2.05) is 10.6 Å². The molecule has 1 aliphatic carbocycles. The molecule has 4 heteroatoms. The molecule has 3 nitrogen and oxygen atoms in total. The van der Waals surface area contributed by atoms with Crippen LogP contribution in [0.15, 0.2) is 12.1 Å². The predicted octanol–water partition coefficient (Wildman–Crippen LogP) is 2.79. The highest BCUT2D eigenvalue weighted by Crippen LogP contribution is 2.36. The van der Waals surface area contributed by atoms with Crippen molar-refractivity contribution in [1.82, 2.24) is 9.55 Å². The first-order chi connectivity index (χ1) is 7.66. The van der Waals surface area contributed by atoms with Gasteiger partial charge in [0.1, 0.15) is 5.82 Å². The smallest absolute Gasteiger partial charge is 0.201 e. The summed E-state index contributed by atoms with van der Waals surface area (Å²) in [6, 6.07) is 3.76. The lowest BCUT2D eigenvalue weighted by atomic mass is 9.92. The molecule has 1 fully saturated rings. The number of hydrogen-bond acceptors (Lipinski definition) is 2. The number of anilines is 1. The highest BCUT2D eigenvalue weighted by Gasteiger charge is 2.24. The lowest BCUT2D eigenvalue weighted by Crippen LogP contribution is -2.18. The number of nitrogens with zero attached hydrogens (tertiary/aromatic N) is 2. The molecule has 0 amide bonds. The number of hydrogen-bond donors (Lipinski definition) is 1. The first-order valence-electron chi connectivity index (χ1n) is 5.60. The van der Waals surface area contributed by atoms with Gasteiger partial charge in [-0.25, -0.2) is 9.37 Å². The molecule has 0 saturated heterocycles. The van der Waals surface area contributed by atoms with E-state index in [9.17, 15) is 4.39 Å². The Hall–Kier alpha value is -1.58. The van der Waals surface area contributed by atoms with Gasteiger partial charge >= 0.3 is 0 Å². The standard InChI is InChI=1S/C12H14FN3/c1-7-5-11-10(6-9(7)13)15-12(14)16(11)8-3-2-4-8/h5-6,8H,2-4H2,1H3,(H2,14,15). The number of benzene rings is 1. The molecule has 2 N–H and O–H groups in total. The summed E-state index contributed by atoms with van der Waals surface area (Å²) in [5, 5.41) is 0. The van der Waals surface area contributed by atoms with E-state index in [0.29, 0.717) is 23.1 Å². The third-order valence-corrected chi connectivity index (χ3v) is 3.44. The minimum atomic E-state index is -0.217. The Morgan fingerprint density at radius 1 is 1.44 bits per heavy atom. The Morgan fingerprint density at radius 3 is 2.81 bits per heavy atom. The van der Waals surface area contributed by atoms with E-state index in [4.69, 9.17) is 5.73 Å². The molecule has 0 aliphatic heterocycles. The highest BCUT2D eigenvalue weighted by atomic mass is 19.1. The van der Waals surface area contributed by atoms with E-state index in [1.165, 1.54) is 12.5 Å². The van der Waals surface area contributed by atoms with Gasteiger partial charge in [0, 0.05) is 12.1 Å². The second-order valence-electron chi connectivity index (χ2n) is 4.51. The Bertz CT molecular complexity index is 555. The predicted molar refractivity (Wildman–Crippen MR) is 61.7 cm³/mol. The van der Waals surface area contributed by atoms with Crippen LogP contribution in [-0.2, 0) is 0 Å². The van der Waals surface area contributed by atoms with E-state index in [0.717, 1.165) is 18.4 Å². The summed E-state index contributed by atoms with van der Waals surface area (Å²) in [6.45, 7) is 1.77. The molecule has 0 unspecified atom stereocenters. The van der Waals surface area contributed by atoms with Gasteiger partial charge in [0.2, 0.25) is 5.95 Å². The number of halogens is 1. The number of imidazole rings is 1. The number of fused-ring (bicyclic) bond motifs is 1. The normalized spacial score (nSPS) is 16.6. The van der Waals surface area contributed by atoms with Gasteiger partial charge in [-0.1, -0.05) is 0 Å². The lowest BCUT2D eigenvalue weighted by molar-refractivity contribution is 0.324. The molecule has 0 radical (unpaired) electrons. The number of aromatic nitrogens is 2. The van der Waals surface area contributed by atoms with E-state index in [1.54, 1.807) is 6.92 Å². The maximum absolute atomic E-state index is 13.4. The maximum Gasteiger partial charge on any atom is 0.201 e. The van der Waals surface area contributed by atoms with Gasteiger partial charge in [-0.15, -0.1) is 0 Å². The zero-order valence-corrected chi connectivity index (χ0v) is 9.20. The van der Waals surface area contributed by atoms with Crippen LogP contribution < -0.4 is 5.73 Å². The fraction of sp³-hybridized carbons (Fsp3) is 0.417. The summed E-state index contributed by atoms with van der Waals surface area (Å²) < 4.78 is 15.4. The molecule has 0 atom stereocenters. The molecule has 2 aromatic rings. The van der Waals surface area contributed by atoms with Gasteiger partial charge in [0.05, 0.1) is 11.0 Å². The van der Waals surface area contributed by atoms with Crippen molar-refractivity contribution in [2.75, 3.05) is 5.73 Å². The molecule has 0 bridgehead atoms. The fourth-order valence-electron chi connectivity index (χ4n) is 2.27. The van der Waals surface area contributed by atoms with Crippen LogP contribution in [0, 0.1) is 12.7 Å².